The fourth-order valence-electron chi connectivity index (χ4n) is 1.28. The van der Waals surface area contributed by atoms with E-state index in [4.69, 9.17) is 0 Å². The van der Waals surface area contributed by atoms with Crippen molar-refractivity contribution < 1.29 is 0 Å². The largest absolute Gasteiger partial charge is 0.321 e. The molecule has 1 nitrogen and oxygen atoms in total. The number of hydrogen-bond donors (Lipinski definition) is 1. The third-order valence-electron chi connectivity index (χ3n) is 1.90. The molecule has 1 rings (SSSR count). The van der Waals surface area contributed by atoms with Crippen LogP contribution in [-0.4, -0.2) is 19.2 Å². The minimum Gasteiger partial charge on any atom is -0.321 e. The van der Waals surface area contributed by atoms with Crippen molar-refractivity contribution in [1.82, 2.24) is 5.32 Å². The quantitative estimate of drug-likeness (QED) is 0.498. The zero-order valence-electron chi connectivity index (χ0n) is 5.78. The second-order valence-electron chi connectivity index (χ2n) is 2.95. The third-order valence-corrected chi connectivity index (χ3v) is 1.90. The van der Waals surface area contributed by atoms with Gasteiger partial charge in [0.15, 0.2) is 6.71 Å². The van der Waals surface area contributed by atoms with E-state index in [0.717, 1.165) is 12.7 Å². The van der Waals surface area contributed by atoms with Gasteiger partial charge in [0.2, 0.25) is 0 Å². The van der Waals surface area contributed by atoms with E-state index in [1.54, 1.807) is 0 Å². The van der Waals surface area contributed by atoms with Crippen molar-refractivity contribution in [2.24, 2.45) is 0 Å². The molecule has 0 aromatic carbocycles. The SMILES string of the molecule is CB(C)C1CCCN1. The van der Waals surface area contributed by atoms with Crippen LogP contribution in [0.4, 0.5) is 0 Å². The summed E-state index contributed by atoms with van der Waals surface area (Å²) < 4.78 is 0. The molecular weight excluding hydrogens is 96.9 g/mol. The van der Waals surface area contributed by atoms with Gasteiger partial charge in [-0.1, -0.05) is 13.6 Å². The van der Waals surface area contributed by atoms with E-state index in [-0.39, 0.29) is 0 Å². The zero-order valence-corrected chi connectivity index (χ0v) is 5.78. The van der Waals surface area contributed by atoms with Crippen LogP contribution in [0.3, 0.4) is 0 Å². The minimum atomic E-state index is 0.815. The zero-order chi connectivity index (χ0) is 5.98. The smallest absolute Gasteiger partial charge is 0.154 e. The molecule has 0 spiro atoms. The molecule has 0 aromatic rings. The van der Waals surface area contributed by atoms with Crippen molar-refractivity contribution in [3.63, 3.8) is 0 Å². The van der Waals surface area contributed by atoms with Gasteiger partial charge >= 0.3 is 0 Å². The van der Waals surface area contributed by atoms with Crippen molar-refractivity contribution >= 4 is 6.71 Å². The van der Waals surface area contributed by atoms with Crippen LogP contribution in [0.5, 0.6) is 0 Å². The van der Waals surface area contributed by atoms with E-state index in [0.29, 0.717) is 0 Å². The summed E-state index contributed by atoms with van der Waals surface area (Å²) in [7, 11) is 0. The van der Waals surface area contributed by atoms with Gasteiger partial charge in [0.25, 0.3) is 0 Å². The fraction of sp³-hybridized carbons (Fsp3) is 1.00. The molecule has 1 N–H and O–H groups in total. The Labute approximate surface area is 51.9 Å². The van der Waals surface area contributed by atoms with Crippen molar-refractivity contribution in [1.29, 1.82) is 0 Å². The first-order valence-corrected chi connectivity index (χ1v) is 3.54. The van der Waals surface area contributed by atoms with Crippen molar-refractivity contribution in [3.8, 4) is 0 Å². The molecule has 0 radical (unpaired) electrons. The van der Waals surface area contributed by atoms with E-state index in [2.05, 4.69) is 19.0 Å². The summed E-state index contributed by atoms with van der Waals surface area (Å²) in [6, 6.07) is 0. The van der Waals surface area contributed by atoms with Crippen LogP contribution in [0.25, 0.3) is 0 Å². The highest BCUT2D eigenvalue weighted by Gasteiger charge is 2.18. The highest BCUT2D eigenvalue weighted by Crippen LogP contribution is 2.07. The molecule has 2 heteroatoms. The predicted octanol–water partition coefficient (Wildman–Crippen LogP) is 1.03. The summed E-state index contributed by atoms with van der Waals surface area (Å²) in [5, 5.41) is 3.46. The van der Waals surface area contributed by atoms with E-state index < -0.39 is 0 Å². The van der Waals surface area contributed by atoms with Gasteiger partial charge in [-0.25, -0.2) is 0 Å². The second kappa shape index (κ2) is 2.54. The summed E-state index contributed by atoms with van der Waals surface area (Å²) >= 11 is 0. The first-order chi connectivity index (χ1) is 3.80. The lowest BCUT2D eigenvalue weighted by molar-refractivity contribution is 0.777. The lowest BCUT2D eigenvalue weighted by Gasteiger charge is -2.09. The van der Waals surface area contributed by atoms with Crippen LogP contribution in [0, 0.1) is 0 Å². The first-order valence-electron chi connectivity index (χ1n) is 3.54. The summed E-state index contributed by atoms with van der Waals surface area (Å²) in [6.07, 6.45) is 2.76. The maximum absolute atomic E-state index is 3.46. The maximum Gasteiger partial charge on any atom is 0.154 e. The predicted molar refractivity (Wildman–Crippen MR) is 38.5 cm³/mol. The highest BCUT2D eigenvalue weighted by atomic mass is 14.9. The molecule has 46 valence electrons. The molecule has 8 heavy (non-hydrogen) atoms. The van der Waals surface area contributed by atoms with Crippen LogP contribution in [0.2, 0.25) is 13.6 Å². The number of nitrogens with one attached hydrogen (secondary N) is 1. The van der Waals surface area contributed by atoms with Crippen molar-refractivity contribution in [2.75, 3.05) is 6.54 Å². The fourth-order valence-corrected chi connectivity index (χ4v) is 1.28. The average molecular weight is 111 g/mol. The molecule has 0 amide bonds. The van der Waals surface area contributed by atoms with E-state index in [1.807, 2.05) is 0 Å². The molecule has 0 aromatic heterocycles. The van der Waals surface area contributed by atoms with Gasteiger partial charge in [0, 0.05) is 0 Å². The standard InChI is InChI=1S/C6H14BN/c1-7(2)6-4-3-5-8-6/h6,8H,3-5H2,1-2H3. The number of hydrogen-bond acceptors (Lipinski definition) is 1. The lowest BCUT2D eigenvalue weighted by Crippen LogP contribution is -2.33. The van der Waals surface area contributed by atoms with Crippen LogP contribution >= 0.6 is 0 Å². The monoisotopic (exact) mass is 111 g/mol. The molecule has 1 aliphatic heterocycles. The van der Waals surface area contributed by atoms with E-state index in [1.165, 1.54) is 19.4 Å². The van der Waals surface area contributed by atoms with Crippen molar-refractivity contribution in [2.45, 2.75) is 32.4 Å². The Morgan fingerprint density at radius 3 is 2.50 bits per heavy atom. The molecule has 1 heterocycles. The van der Waals surface area contributed by atoms with Gasteiger partial charge < -0.3 is 5.32 Å². The summed E-state index contributed by atoms with van der Waals surface area (Å²) in [5.74, 6) is 0.815. The summed E-state index contributed by atoms with van der Waals surface area (Å²) in [6.45, 7) is 6.63. The molecule has 1 fully saturated rings. The van der Waals surface area contributed by atoms with Gasteiger partial charge in [0.1, 0.15) is 0 Å². The van der Waals surface area contributed by atoms with Gasteiger partial charge in [-0.3, -0.25) is 0 Å². The third kappa shape index (κ3) is 1.25. The molecule has 0 saturated carbocycles. The van der Waals surface area contributed by atoms with Gasteiger partial charge in [0.05, 0.1) is 0 Å². The Bertz CT molecular complexity index is 66.9. The highest BCUT2D eigenvalue weighted by molar-refractivity contribution is 6.57. The van der Waals surface area contributed by atoms with Crippen LogP contribution in [0.15, 0.2) is 0 Å². The van der Waals surface area contributed by atoms with Crippen molar-refractivity contribution in [3.05, 3.63) is 0 Å². The molecule has 1 unspecified atom stereocenters. The lowest BCUT2D eigenvalue weighted by atomic mass is 9.48. The Kier molecular flexibility index (Phi) is 1.95. The first kappa shape index (κ1) is 6.15. The van der Waals surface area contributed by atoms with E-state index >= 15 is 0 Å². The van der Waals surface area contributed by atoms with Crippen LogP contribution in [0.1, 0.15) is 12.8 Å². The summed E-state index contributed by atoms with van der Waals surface area (Å²) in [5.41, 5.74) is 0. The van der Waals surface area contributed by atoms with Gasteiger partial charge in [-0.2, -0.15) is 0 Å². The van der Waals surface area contributed by atoms with Gasteiger partial charge in [-0.15, -0.1) is 0 Å². The van der Waals surface area contributed by atoms with Crippen LogP contribution < -0.4 is 5.32 Å². The maximum atomic E-state index is 3.46. The Morgan fingerprint density at radius 1 is 1.50 bits per heavy atom. The molecule has 1 aliphatic rings. The number of rotatable bonds is 1. The molecule has 0 bridgehead atoms. The topological polar surface area (TPSA) is 12.0 Å². The minimum absolute atomic E-state index is 0.815. The van der Waals surface area contributed by atoms with Crippen LogP contribution in [-0.2, 0) is 0 Å². The second-order valence-corrected chi connectivity index (χ2v) is 2.95. The Morgan fingerprint density at radius 2 is 2.25 bits per heavy atom. The average Bonchev–Trinajstić information content (AvgIpc) is 2.12. The van der Waals surface area contributed by atoms with E-state index in [9.17, 15) is 0 Å². The van der Waals surface area contributed by atoms with Gasteiger partial charge in [-0.05, 0) is 25.3 Å². The normalized spacial score (nSPS) is 28.5. The Hall–Kier alpha value is 0.0249. The summed E-state index contributed by atoms with van der Waals surface area (Å²) in [4.78, 5) is 0. The molecule has 0 aliphatic carbocycles. The molecule has 1 saturated heterocycles. The molecular formula is C6H14BN. The molecule has 1 atom stereocenters. The Balaban J connectivity index is 2.24.